The molecule has 0 N–H and O–H groups in total. The molecule has 0 aliphatic heterocycles. The summed E-state index contributed by atoms with van der Waals surface area (Å²) >= 11 is 0. The van der Waals surface area contributed by atoms with Crippen LogP contribution in [-0.4, -0.2) is 18.8 Å². The summed E-state index contributed by atoms with van der Waals surface area (Å²) in [6, 6.07) is 4.69. The summed E-state index contributed by atoms with van der Waals surface area (Å²) in [5, 5.41) is 10.6. The number of rotatable bonds is 4. The molecule has 76 valence electrons. The van der Waals surface area contributed by atoms with Crippen LogP contribution in [0.25, 0.3) is 0 Å². The van der Waals surface area contributed by atoms with Crippen molar-refractivity contribution in [2.45, 2.75) is 6.92 Å². The third kappa shape index (κ3) is 2.20. The molecular weight excluding hydrogens is 186 g/mol. The van der Waals surface area contributed by atoms with E-state index in [1.54, 1.807) is 19.1 Å². The Morgan fingerprint density at radius 3 is 2.79 bits per heavy atom. The minimum atomic E-state index is -0.436. The Bertz CT molecular complexity index is 338. The van der Waals surface area contributed by atoms with Crippen molar-refractivity contribution in [3.05, 3.63) is 33.9 Å². The predicted octanol–water partition coefficient (Wildman–Crippen LogP) is 1.89. The average molecular weight is 197 g/mol. The van der Waals surface area contributed by atoms with Crippen molar-refractivity contribution in [3.8, 4) is 5.75 Å². The lowest BCUT2D eigenvalue weighted by atomic mass is 10.2. The Kier molecular flexibility index (Phi) is 3.41. The van der Waals surface area contributed by atoms with Gasteiger partial charge in [0.1, 0.15) is 5.75 Å². The molecule has 0 fully saturated rings. The van der Waals surface area contributed by atoms with Crippen LogP contribution in [-0.2, 0) is 4.74 Å². The second kappa shape index (κ2) is 4.57. The summed E-state index contributed by atoms with van der Waals surface area (Å²) in [7, 11) is 1.49. The van der Waals surface area contributed by atoms with E-state index >= 15 is 0 Å². The maximum atomic E-state index is 10.6. The van der Waals surface area contributed by atoms with Crippen molar-refractivity contribution in [3.63, 3.8) is 0 Å². The van der Waals surface area contributed by atoms with Gasteiger partial charge in [-0.1, -0.05) is 6.07 Å². The van der Waals surface area contributed by atoms with E-state index in [1.807, 2.05) is 0 Å². The first-order valence-electron chi connectivity index (χ1n) is 4.02. The van der Waals surface area contributed by atoms with Gasteiger partial charge in [0.25, 0.3) is 5.69 Å². The monoisotopic (exact) mass is 197 g/mol. The molecule has 0 atom stereocenters. The SMILES string of the molecule is COCOc1cccc([N+](=O)[O-])c1C. The van der Waals surface area contributed by atoms with Crippen LogP contribution >= 0.6 is 0 Å². The van der Waals surface area contributed by atoms with Crippen molar-refractivity contribution in [1.29, 1.82) is 0 Å². The first kappa shape index (κ1) is 10.5. The molecule has 14 heavy (non-hydrogen) atoms. The van der Waals surface area contributed by atoms with Crippen LogP contribution in [0.15, 0.2) is 18.2 Å². The molecule has 1 aromatic carbocycles. The highest BCUT2D eigenvalue weighted by Crippen LogP contribution is 2.26. The van der Waals surface area contributed by atoms with Crippen LogP contribution in [0.1, 0.15) is 5.56 Å². The summed E-state index contributed by atoms with van der Waals surface area (Å²) in [6.07, 6.45) is 0. The van der Waals surface area contributed by atoms with E-state index < -0.39 is 4.92 Å². The minimum Gasteiger partial charge on any atom is -0.467 e. The summed E-state index contributed by atoms with van der Waals surface area (Å²) < 4.78 is 9.86. The quantitative estimate of drug-likeness (QED) is 0.420. The molecule has 0 saturated carbocycles. The number of hydrogen-bond acceptors (Lipinski definition) is 4. The lowest BCUT2D eigenvalue weighted by Gasteiger charge is -2.07. The lowest BCUT2D eigenvalue weighted by Crippen LogP contribution is -2.01. The minimum absolute atomic E-state index is 0.0543. The Morgan fingerprint density at radius 1 is 1.50 bits per heavy atom. The van der Waals surface area contributed by atoms with E-state index in [9.17, 15) is 10.1 Å². The zero-order valence-electron chi connectivity index (χ0n) is 8.02. The molecule has 0 spiro atoms. The molecule has 0 saturated heterocycles. The number of benzene rings is 1. The van der Waals surface area contributed by atoms with E-state index in [0.717, 1.165) is 0 Å². The number of nitro benzene ring substituents is 1. The normalized spacial score (nSPS) is 9.86. The van der Waals surface area contributed by atoms with Crippen molar-refractivity contribution < 1.29 is 14.4 Å². The molecule has 0 heterocycles. The number of nitrogens with zero attached hydrogens (tertiary/aromatic N) is 1. The van der Waals surface area contributed by atoms with E-state index in [4.69, 9.17) is 9.47 Å². The molecule has 0 unspecified atom stereocenters. The Labute approximate surface area is 81.4 Å². The maximum Gasteiger partial charge on any atom is 0.276 e. The second-order valence-corrected chi connectivity index (χ2v) is 2.71. The van der Waals surface area contributed by atoms with Gasteiger partial charge < -0.3 is 9.47 Å². The van der Waals surface area contributed by atoms with Crippen LogP contribution in [0, 0.1) is 17.0 Å². The highest BCUT2D eigenvalue weighted by atomic mass is 16.7. The van der Waals surface area contributed by atoms with Crippen LogP contribution in [0.5, 0.6) is 5.75 Å². The molecule has 0 aromatic heterocycles. The van der Waals surface area contributed by atoms with Gasteiger partial charge in [-0.3, -0.25) is 10.1 Å². The highest BCUT2D eigenvalue weighted by Gasteiger charge is 2.13. The van der Waals surface area contributed by atoms with Crippen molar-refractivity contribution in [2.24, 2.45) is 0 Å². The van der Waals surface area contributed by atoms with Crippen molar-refractivity contribution >= 4 is 5.69 Å². The fourth-order valence-electron chi connectivity index (χ4n) is 1.08. The fraction of sp³-hybridized carbons (Fsp3) is 0.333. The van der Waals surface area contributed by atoms with Gasteiger partial charge >= 0.3 is 0 Å². The molecule has 5 heteroatoms. The predicted molar refractivity (Wildman–Crippen MR) is 50.3 cm³/mol. The molecule has 0 radical (unpaired) electrons. The van der Waals surface area contributed by atoms with Crippen LogP contribution in [0.2, 0.25) is 0 Å². The number of nitro groups is 1. The molecule has 0 aliphatic rings. The van der Waals surface area contributed by atoms with Gasteiger partial charge in [0.05, 0.1) is 10.5 Å². The summed E-state index contributed by atoms with van der Waals surface area (Å²) in [6.45, 7) is 1.73. The van der Waals surface area contributed by atoms with E-state index in [1.165, 1.54) is 13.2 Å². The van der Waals surface area contributed by atoms with Gasteiger partial charge in [0.2, 0.25) is 0 Å². The fourth-order valence-corrected chi connectivity index (χ4v) is 1.08. The summed E-state index contributed by atoms with van der Waals surface area (Å²) in [5.41, 5.74) is 0.563. The Morgan fingerprint density at radius 2 is 2.21 bits per heavy atom. The van der Waals surface area contributed by atoms with E-state index in [2.05, 4.69) is 0 Å². The zero-order valence-corrected chi connectivity index (χ0v) is 8.02. The van der Waals surface area contributed by atoms with Gasteiger partial charge in [0, 0.05) is 13.2 Å². The standard InChI is InChI=1S/C9H11NO4/c1-7-8(10(11)12)4-3-5-9(7)14-6-13-2/h3-5H,6H2,1-2H3. The Balaban J connectivity index is 2.95. The van der Waals surface area contributed by atoms with Gasteiger partial charge in [-0.05, 0) is 13.0 Å². The van der Waals surface area contributed by atoms with Gasteiger partial charge in [-0.25, -0.2) is 0 Å². The average Bonchev–Trinajstić information content (AvgIpc) is 2.16. The van der Waals surface area contributed by atoms with E-state index in [-0.39, 0.29) is 12.5 Å². The van der Waals surface area contributed by atoms with Gasteiger partial charge in [-0.15, -0.1) is 0 Å². The molecule has 0 bridgehead atoms. The molecule has 1 aromatic rings. The Hall–Kier alpha value is -1.62. The lowest BCUT2D eigenvalue weighted by molar-refractivity contribution is -0.385. The first-order chi connectivity index (χ1) is 6.66. The molecule has 0 aliphatic carbocycles. The molecule has 1 rings (SSSR count). The zero-order chi connectivity index (χ0) is 10.6. The number of ether oxygens (including phenoxy) is 2. The van der Waals surface area contributed by atoms with E-state index in [0.29, 0.717) is 11.3 Å². The molecular formula is C9H11NO4. The van der Waals surface area contributed by atoms with Crippen molar-refractivity contribution in [2.75, 3.05) is 13.9 Å². The number of methoxy groups -OCH3 is 1. The number of hydrogen-bond donors (Lipinski definition) is 0. The largest absolute Gasteiger partial charge is 0.467 e. The highest BCUT2D eigenvalue weighted by molar-refractivity contribution is 5.48. The van der Waals surface area contributed by atoms with Crippen molar-refractivity contribution in [1.82, 2.24) is 0 Å². The van der Waals surface area contributed by atoms with Crippen LogP contribution in [0.3, 0.4) is 0 Å². The first-order valence-corrected chi connectivity index (χ1v) is 4.02. The van der Waals surface area contributed by atoms with Gasteiger partial charge in [0.15, 0.2) is 6.79 Å². The maximum absolute atomic E-state index is 10.6. The van der Waals surface area contributed by atoms with Gasteiger partial charge in [-0.2, -0.15) is 0 Å². The van der Waals surface area contributed by atoms with Crippen LogP contribution < -0.4 is 4.74 Å². The second-order valence-electron chi connectivity index (χ2n) is 2.71. The summed E-state index contributed by atoms with van der Waals surface area (Å²) in [5.74, 6) is 0.473. The third-order valence-corrected chi connectivity index (χ3v) is 1.78. The topological polar surface area (TPSA) is 61.6 Å². The molecule has 5 nitrogen and oxygen atoms in total. The third-order valence-electron chi connectivity index (χ3n) is 1.78. The van der Waals surface area contributed by atoms with Crippen LogP contribution in [0.4, 0.5) is 5.69 Å². The smallest absolute Gasteiger partial charge is 0.276 e. The summed E-state index contributed by atoms with van der Waals surface area (Å²) in [4.78, 5) is 10.1. The molecule has 0 amide bonds.